The molecule has 4 heterocycles. The lowest BCUT2D eigenvalue weighted by molar-refractivity contribution is -0.142. The highest BCUT2D eigenvalue weighted by Crippen LogP contribution is 2.34. The van der Waals surface area contributed by atoms with Crippen LogP contribution in [0.2, 0.25) is 5.02 Å². The molecular weight excluding hydrogens is 522 g/mol. The Hall–Kier alpha value is -1.97. The normalized spacial score (nSPS) is 26.3. The van der Waals surface area contributed by atoms with E-state index in [0.717, 1.165) is 51.0 Å². The van der Waals surface area contributed by atoms with E-state index >= 15 is 0 Å². The Morgan fingerprint density at radius 3 is 2.57 bits per heavy atom. The quantitative estimate of drug-likeness (QED) is 0.397. The molecule has 37 heavy (non-hydrogen) atoms. The zero-order valence-electron chi connectivity index (χ0n) is 20.5. The third kappa shape index (κ3) is 5.73. The van der Waals surface area contributed by atoms with E-state index in [2.05, 4.69) is 25.3 Å². The molecule has 4 aliphatic heterocycles. The first kappa shape index (κ1) is 26.6. The summed E-state index contributed by atoms with van der Waals surface area (Å²) >= 11 is 7.34. The number of halogens is 3. The van der Waals surface area contributed by atoms with Gasteiger partial charge in [-0.3, -0.25) is 9.59 Å². The van der Waals surface area contributed by atoms with Crippen LogP contribution >= 0.6 is 23.7 Å². The number of benzene rings is 1. The minimum Gasteiger partial charge on any atom is -0.347 e. The van der Waals surface area contributed by atoms with Gasteiger partial charge in [0.1, 0.15) is 17.7 Å². The predicted molar refractivity (Wildman–Crippen MR) is 136 cm³/mol. The van der Waals surface area contributed by atoms with Crippen molar-refractivity contribution in [3.05, 3.63) is 34.4 Å². The van der Waals surface area contributed by atoms with Crippen molar-refractivity contribution in [2.45, 2.75) is 37.8 Å². The average molecular weight is 553 g/mol. The predicted octanol–water partition coefficient (Wildman–Crippen LogP) is 2.72. The van der Waals surface area contributed by atoms with Crippen molar-refractivity contribution in [2.75, 3.05) is 45.8 Å². The molecule has 8 nitrogen and oxygen atoms in total. The van der Waals surface area contributed by atoms with E-state index in [-0.39, 0.29) is 40.2 Å². The van der Waals surface area contributed by atoms with Crippen molar-refractivity contribution >= 4 is 35.5 Å². The second-order valence-corrected chi connectivity index (χ2v) is 12.0. The van der Waals surface area contributed by atoms with Crippen molar-refractivity contribution in [3.63, 3.8) is 0 Å². The Labute approximate surface area is 224 Å². The molecule has 5 rings (SSSR count). The first-order valence-corrected chi connectivity index (χ1v) is 14.0. The summed E-state index contributed by atoms with van der Waals surface area (Å²) in [4.78, 5) is 28.7. The molecule has 0 aromatic heterocycles. The second-order valence-electron chi connectivity index (χ2n) is 10.4. The number of piperidine rings is 1. The molecule has 1 aromatic carbocycles. The Bertz CT molecular complexity index is 1080. The molecule has 0 spiro atoms. The molecule has 3 atom stereocenters. The third-order valence-electron chi connectivity index (χ3n) is 7.79. The molecule has 4 fully saturated rings. The van der Waals surface area contributed by atoms with E-state index < -0.39 is 23.7 Å². The Kier molecular flexibility index (Phi) is 8.22. The van der Waals surface area contributed by atoms with E-state index in [1.807, 2.05) is 0 Å². The lowest BCUT2D eigenvalue weighted by atomic mass is 9.87. The molecule has 0 aliphatic carbocycles. The van der Waals surface area contributed by atoms with Crippen molar-refractivity contribution in [3.8, 4) is 6.07 Å². The fraction of sp³-hybridized carbons (Fsp3) is 0.640. The third-order valence-corrected chi connectivity index (χ3v) is 9.17. The van der Waals surface area contributed by atoms with Gasteiger partial charge < -0.3 is 15.5 Å². The van der Waals surface area contributed by atoms with Crippen LogP contribution in [0, 0.1) is 40.7 Å². The maximum Gasteiger partial charge on any atom is 0.243 e. The standard InChI is InChI=1S/C25H31ClF2N6O2S/c26-19-8-20(27)18(7-21(19)28)23(17-10-30-11-17)31-24(35)22-4-2-6-34(22)25(36)16-3-1-5-32(14-16)37-33-12-15(9-29)13-33/h7-8,15-17,22-23,30H,1-6,10-14H2,(H,31,35)/t16-,22+,23?/m0/s1. The summed E-state index contributed by atoms with van der Waals surface area (Å²) in [5, 5.41) is 14.8. The Balaban J connectivity index is 1.23. The van der Waals surface area contributed by atoms with E-state index in [1.165, 1.54) is 0 Å². The Morgan fingerprint density at radius 1 is 1.11 bits per heavy atom. The number of amides is 2. The number of hydrogen-bond acceptors (Lipinski definition) is 7. The summed E-state index contributed by atoms with van der Waals surface area (Å²) < 4.78 is 33.3. The van der Waals surface area contributed by atoms with Crippen molar-refractivity contribution < 1.29 is 18.4 Å². The summed E-state index contributed by atoms with van der Waals surface area (Å²) in [6.45, 7) is 4.62. The van der Waals surface area contributed by atoms with Gasteiger partial charge >= 0.3 is 0 Å². The molecule has 2 N–H and O–H groups in total. The fourth-order valence-corrected chi connectivity index (χ4v) is 6.96. The molecule has 1 aromatic rings. The largest absolute Gasteiger partial charge is 0.347 e. The second kappa shape index (κ2) is 11.4. The number of rotatable bonds is 7. The van der Waals surface area contributed by atoms with Gasteiger partial charge in [0.25, 0.3) is 0 Å². The van der Waals surface area contributed by atoms with E-state index in [9.17, 15) is 18.4 Å². The minimum absolute atomic E-state index is 0.0213. The molecule has 200 valence electrons. The number of carbonyl (C=O) groups is 2. The van der Waals surface area contributed by atoms with Gasteiger partial charge in [-0.2, -0.15) is 5.26 Å². The zero-order valence-corrected chi connectivity index (χ0v) is 22.0. The average Bonchev–Trinajstić information content (AvgIpc) is 3.32. The fourth-order valence-electron chi connectivity index (χ4n) is 5.53. The molecule has 0 bridgehead atoms. The lowest BCUT2D eigenvalue weighted by Gasteiger charge is -2.40. The topological polar surface area (TPSA) is 91.7 Å². The van der Waals surface area contributed by atoms with Crippen LogP contribution in [0.1, 0.15) is 37.3 Å². The van der Waals surface area contributed by atoms with E-state index in [0.29, 0.717) is 32.6 Å². The smallest absolute Gasteiger partial charge is 0.243 e. The highest BCUT2D eigenvalue weighted by molar-refractivity contribution is 7.94. The van der Waals surface area contributed by atoms with Crippen LogP contribution in [-0.4, -0.2) is 77.2 Å². The number of carbonyl (C=O) groups excluding carboxylic acids is 2. The minimum atomic E-state index is -0.733. The molecule has 12 heteroatoms. The molecule has 0 saturated carbocycles. The van der Waals surface area contributed by atoms with Crippen LogP contribution < -0.4 is 10.6 Å². The van der Waals surface area contributed by atoms with Crippen LogP contribution in [0.4, 0.5) is 8.78 Å². The SMILES string of the molecule is N#CC1CN(SN2CCC[C@H](C(=O)N3CCC[C@@H]3C(=O)NC(c3cc(F)c(Cl)cc3F)C3CNC3)C2)C1. The number of likely N-dealkylation sites (tertiary alicyclic amines) is 1. The van der Waals surface area contributed by atoms with Crippen LogP contribution in [-0.2, 0) is 9.59 Å². The van der Waals surface area contributed by atoms with Crippen LogP contribution in [0.25, 0.3) is 0 Å². The van der Waals surface area contributed by atoms with Gasteiger partial charge in [0.15, 0.2) is 0 Å². The molecule has 2 amide bonds. The molecule has 4 saturated heterocycles. The first-order chi connectivity index (χ1) is 17.8. The molecule has 1 unspecified atom stereocenters. The van der Waals surface area contributed by atoms with Gasteiger partial charge in [0.2, 0.25) is 11.8 Å². The number of nitrogens with one attached hydrogen (secondary N) is 2. The lowest BCUT2D eigenvalue weighted by Crippen LogP contribution is -2.54. The summed E-state index contributed by atoms with van der Waals surface area (Å²) in [7, 11) is 0. The molecule has 4 aliphatic rings. The van der Waals surface area contributed by atoms with Crippen molar-refractivity contribution in [2.24, 2.45) is 17.8 Å². The van der Waals surface area contributed by atoms with Crippen LogP contribution in [0.5, 0.6) is 0 Å². The van der Waals surface area contributed by atoms with E-state index in [4.69, 9.17) is 16.9 Å². The Morgan fingerprint density at radius 2 is 1.86 bits per heavy atom. The van der Waals surface area contributed by atoms with Gasteiger partial charge in [-0.25, -0.2) is 17.4 Å². The molecule has 0 radical (unpaired) electrons. The summed E-state index contributed by atoms with van der Waals surface area (Å²) in [5.74, 6) is -1.95. The van der Waals surface area contributed by atoms with Gasteiger partial charge in [-0.15, -0.1) is 0 Å². The van der Waals surface area contributed by atoms with E-state index in [1.54, 1.807) is 17.0 Å². The number of nitrogens with zero attached hydrogens (tertiary/aromatic N) is 4. The van der Waals surface area contributed by atoms with Gasteiger partial charge in [-0.05, 0) is 37.8 Å². The maximum absolute atomic E-state index is 14.8. The number of nitriles is 1. The summed E-state index contributed by atoms with van der Waals surface area (Å²) in [6, 6.07) is 2.93. The van der Waals surface area contributed by atoms with Crippen molar-refractivity contribution in [1.29, 1.82) is 5.26 Å². The summed E-state index contributed by atoms with van der Waals surface area (Å²) in [5.41, 5.74) is 0.0715. The highest BCUT2D eigenvalue weighted by atomic mass is 35.5. The van der Waals surface area contributed by atoms with Gasteiger partial charge in [0, 0.05) is 69.4 Å². The zero-order chi connectivity index (χ0) is 26.1. The summed E-state index contributed by atoms with van der Waals surface area (Å²) in [6.07, 6.45) is 2.92. The van der Waals surface area contributed by atoms with Gasteiger partial charge in [-0.1, -0.05) is 11.6 Å². The van der Waals surface area contributed by atoms with Gasteiger partial charge in [0.05, 0.1) is 29.0 Å². The molecular formula is C25H31ClF2N6O2S. The van der Waals surface area contributed by atoms with Crippen LogP contribution in [0.3, 0.4) is 0 Å². The van der Waals surface area contributed by atoms with Crippen molar-refractivity contribution in [1.82, 2.24) is 24.1 Å². The monoisotopic (exact) mass is 552 g/mol. The van der Waals surface area contributed by atoms with Crippen LogP contribution in [0.15, 0.2) is 12.1 Å². The number of hydrogen-bond donors (Lipinski definition) is 2. The highest BCUT2D eigenvalue weighted by Gasteiger charge is 2.41. The maximum atomic E-state index is 14.8. The first-order valence-electron chi connectivity index (χ1n) is 12.9.